The molecule has 0 bridgehead atoms. The van der Waals surface area contributed by atoms with Gasteiger partial charge in [-0.15, -0.1) is 0 Å². The number of carboxylic acid groups (broad SMARTS) is 1. The molecule has 0 aromatic heterocycles. The fourth-order valence-corrected chi connectivity index (χ4v) is 1.67. The molecule has 1 aromatic rings. The first-order chi connectivity index (χ1) is 6.56. The van der Waals surface area contributed by atoms with Crippen LogP contribution in [0.25, 0.3) is 0 Å². The predicted octanol–water partition coefficient (Wildman–Crippen LogP) is 2.74. The largest absolute Gasteiger partial charge is 0.495 e. The number of hydrogen-bond donors (Lipinski definition) is 1. The van der Waals surface area contributed by atoms with Crippen molar-refractivity contribution in [2.45, 2.75) is 6.42 Å². The summed E-state index contributed by atoms with van der Waals surface area (Å²) in [4.78, 5) is 10.5. The second-order valence-corrected chi connectivity index (χ2v) is 3.86. The third-order valence-electron chi connectivity index (χ3n) is 1.68. The van der Waals surface area contributed by atoms with Crippen LogP contribution < -0.4 is 4.74 Å². The molecule has 1 rings (SSSR count). The molecule has 0 atom stereocenters. The van der Waals surface area contributed by atoms with Gasteiger partial charge in [0.15, 0.2) is 0 Å². The Morgan fingerprint density at radius 3 is 2.79 bits per heavy atom. The first-order valence-electron chi connectivity index (χ1n) is 3.79. The average Bonchev–Trinajstić information content (AvgIpc) is 2.11. The Hall–Kier alpha value is -0.740. The molecule has 0 saturated heterocycles. The van der Waals surface area contributed by atoms with Gasteiger partial charge in [0, 0.05) is 10.0 Å². The minimum atomic E-state index is -0.915. The van der Waals surface area contributed by atoms with Gasteiger partial charge in [0.25, 0.3) is 0 Å². The lowest BCUT2D eigenvalue weighted by molar-refractivity contribution is -0.136. The number of carbonyl (C=O) groups is 1. The maximum Gasteiger partial charge on any atom is 0.307 e. The molecule has 76 valence electrons. The van der Waals surface area contributed by atoms with Crippen LogP contribution in [0.2, 0.25) is 5.02 Å². The fraction of sp³-hybridized carbons (Fsp3) is 0.222. The molecular formula is C9H8BrClO3. The van der Waals surface area contributed by atoms with Gasteiger partial charge in [-0.3, -0.25) is 4.79 Å². The summed E-state index contributed by atoms with van der Waals surface area (Å²) >= 11 is 9.15. The Morgan fingerprint density at radius 1 is 1.64 bits per heavy atom. The average molecular weight is 280 g/mol. The van der Waals surface area contributed by atoms with E-state index in [-0.39, 0.29) is 6.42 Å². The van der Waals surface area contributed by atoms with Crippen LogP contribution >= 0.6 is 27.5 Å². The van der Waals surface area contributed by atoms with Crippen LogP contribution in [0.5, 0.6) is 5.75 Å². The number of halogens is 2. The highest BCUT2D eigenvalue weighted by Gasteiger charge is 2.13. The second-order valence-electron chi connectivity index (χ2n) is 2.62. The van der Waals surface area contributed by atoms with Crippen molar-refractivity contribution in [1.29, 1.82) is 0 Å². The molecule has 14 heavy (non-hydrogen) atoms. The molecule has 1 aromatic carbocycles. The molecular weight excluding hydrogens is 271 g/mol. The molecule has 0 aliphatic heterocycles. The van der Waals surface area contributed by atoms with Crippen LogP contribution in [0.15, 0.2) is 16.6 Å². The van der Waals surface area contributed by atoms with E-state index in [4.69, 9.17) is 21.4 Å². The van der Waals surface area contributed by atoms with E-state index < -0.39 is 5.97 Å². The third kappa shape index (κ3) is 2.39. The molecule has 1 N–H and O–H groups in total. The topological polar surface area (TPSA) is 46.5 Å². The van der Waals surface area contributed by atoms with Crippen molar-refractivity contribution in [3.8, 4) is 5.75 Å². The summed E-state index contributed by atoms with van der Waals surface area (Å²) in [6.07, 6.45) is -0.101. The lowest BCUT2D eigenvalue weighted by atomic mass is 10.1. The quantitative estimate of drug-likeness (QED) is 0.925. The van der Waals surface area contributed by atoms with Gasteiger partial charge in [-0.2, -0.15) is 0 Å². The number of ether oxygens (including phenoxy) is 1. The number of aliphatic carboxylic acids is 1. The van der Waals surface area contributed by atoms with Crippen LogP contribution in [0, 0.1) is 0 Å². The zero-order valence-electron chi connectivity index (χ0n) is 7.38. The van der Waals surface area contributed by atoms with Crippen LogP contribution in [-0.4, -0.2) is 18.2 Å². The molecule has 0 fully saturated rings. The Kier molecular flexibility index (Phi) is 3.77. The summed E-state index contributed by atoms with van der Waals surface area (Å²) in [5.41, 5.74) is 0.563. The third-order valence-corrected chi connectivity index (χ3v) is 2.94. The highest BCUT2D eigenvalue weighted by Crippen LogP contribution is 2.35. The monoisotopic (exact) mass is 278 g/mol. The molecule has 0 aliphatic carbocycles. The van der Waals surface area contributed by atoms with Crippen LogP contribution in [0.4, 0.5) is 0 Å². The van der Waals surface area contributed by atoms with Crippen molar-refractivity contribution in [2.24, 2.45) is 0 Å². The SMILES string of the molecule is COc1c(CC(=O)O)ccc(Br)c1Cl. The van der Waals surface area contributed by atoms with E-state index in [1.54, 1.807) is 12.1 Å². The lowest BCUT2D eigenvalue weighted by Gasteiger charge is -2.09. The molecule has 3 nitrogen and oxygen atoms in total. The highest BCUT2D eigenvalue weighted by atomic mass is 79.9. The summed E-state index contributed by atoms with van der Waals surface area (Å²) in [7, 11) is 1.46. The van der Waals surface area contributed by atoms with Gasteiger partial charge >= 0.3 is 5.97 Å². The lowest BCUT2D eigenvalue weighted by Crippen LogP contribution is -2.02. The predicted molar refractivity (Wildman–Crippen MR) is 57.0 cm³/mol. The van der Waals surface area contributed by atoms with E-state index in [0.29, 0.717) is 20.8 Å². The molecule has 0 spiro atoms. The Balaban J connectivity index is 3.17. The smallest absolute Gasteiger partial charge is 0.307 e. The van der Waals surface area contributed by atoms with Gasteiger partial charge in [-0.1, -0.05) is 17.7 Å². The number of methoxy groups -OCH3 is 1. The molecule has 0 radical (unpaired) electrons. The van der Waals surface area contributed by atoms with E-state index in [2.05, 4.69) is 15.9 Å². The van der Waals surface area contributed by atoms with Gasteiger partial charge in [0.1, 0.15) is 5.75 Å². The first kappa shape index (κ1) is 11.3. The summed E-state index contributed by atoms with van der Waals surface area (Å²) in [5, 5.41) is 9.03. The van der Waals surface area contributed by atoms with E-state index in [1.807, 2.05) is 0 Å². The molecule has 0 saturated carbocycles. The molecule has 0 unspecified atom stereocenters. The molecule has 5 heteroatoms. The van der Waals surface area contributed by atoms with E-state index in [9.17, 15) is 4.79 Å². The Bertz CT molecular complexity index is 365. The van der Waals surface area contributed by atoms with Crippen molar-refractivity contribution in [1.82, 2.24) is 0 Å². The van der Waals surface area contributed by atoms with Gasteiger partial charge in [-0.25, -0.2) is 0 Å². The van der Waals surface area contributed by atoms with E-state index in [0.717, 1.165) is 0 Å². The number of benzene rings is 1. The zero-order chi connectivity index (χ0) is 10.7. The van der Waals surface area contributed by atoms with Gasteiger partial charge in [0.05, 0.1) is 18.6 Å². The van der Waals surface area contributed by atoms with Gasteiger partial charge in [0.2, 0.25) is 0 Å². The summed E-state index contributed by atoms with van der Waals surface area (Å²) in [6, 6.07) is 3.37. The van der Waals surface area contributed by atoms with Crippen molar-refractivity contribution in [3.63, 3.8) is 0 Å². The summed E-state index contributed by atoms with van der Waals surface area (Å²) in [6.45, 7) is 0. The van der Waals surface area contributed by atoms with Crippen molar-refractivity contribution in [2.75, 3.05) is 7.11 Å². The molecule has 0 heterocycles. The minimum absolute atomic E-state index is 0.101. The molecule has 0 amide bonds. The van der Waals surface area contributed by atoms with Crippen molar-refractivity contribution in [3.05, 3.63) is 27.2 Å². The second kappa shape index (κ2) is 4.66. The Labute approximate surface area is 94.8 Å². The number of carboxylic acids is 1. The zero-order valence-corrected chi connectivity index (χ0v) is 9.72. The highest BCUT2D eigenvalue weighted by molar-refractivity contribution is 9.10. The number of rotatable bonds is 3. The van der Waals surface area contributed by atoms with Crippen LogP contribution in [0.3, 0.4) is 0 Å². The normalized spacial score (nSPS) is 9.93. The van der Waals surface area contributed by atoms with Crippen molar-refractivity contribution < 1.29 is 14.6 Å². The maximum absolute atomic E-state index is 10.5. The fourth-order valence-electron chi connectivity index (χ4n) is 1.09. The van der Waals surface area contributed by atoms with Crippen LogP contribution in [0.1, 0.15) is 5.56 Å². The molecule has 0 aliphatic rings. The first-order valence-corrected chi connectivity index (χ1v) is 4.96. The van der Waals surface area contributed by atoms with E-state index >= 15 is 0 Å². The minimum Gasteiger partial charge on any atom is -0.495 e. The van der Waals surface area contributed by atoms with E-state index in [1.165, 1.54) is 7.11 Å². The summed E-state index contributed by atoms with van der Waals surface area (Å²) in [5.74, 6) is -0.509. The number of hydrogen-bond acceptors (Lipinski definition) is 2. The summed E-state index contributed by atoms with van der Waals surface area (Å²) < 4.78 is 5.72. The van der Waals surface area contributed by atoms with Crippen molar-refractivity contribution >= 4 is 33.5 Å². The van der Waals surface area contributed by atoms with Gasteiger partial charge < -0.3 is 9.84 Å². The van der Waals surface area contributed by atoms with Gasteiger partial charge in [-0.05, 0) is 22.0 Å². The van der Waals surface area contributed by atoms with Crippen LogP contribution in [-0.2, 0) is 11.2 Å². The standard InChI is InChI=1S/C9H8BrClO3/c1-14-9-5(4-7(12)13)2-3-6(10)8(9)11/h2-3H,4H2,1H3,(H,12,13). The maximum atomic E-state index is 10.5. The Morgan fingerprint density at radius 2 is 2.29 bits per heavy atom.